The average Bonchev–Trinajstić information content (AvgIpc) is 3.15. The molecule has 4 aromatic rings. The lowest BCUT2D eigenvalue weighted by Gasteiger charge is -2.08. The molecule has 0 radical (unpaired) electrons. The molecule has 0 aliphatic carbocycles. The summed E-state index contributed by atoms with van der Waals surface area (Å²) in [6, 6.07) is 18.1. The predicted molar refractivity (Wildman–Crippen MR) is 111 cm³/mol. The Labute approximate surface area is 169 Å². The number of nitrogens with one attached hydrogen (secondary N) is 2. The second-order valence-electron chi connectivity index (χ2n) is 6.09. The van der Waals surface area contributed by atoms with E-state index in [1.807, 2.05) is 30.3 Å². The van der Waals surface area contributed by atoms with Crippen molar-refractivity contribution in [1.82, 2.24) is 19.6 Å². The minimum atomic E-state index is -0.266. The molecule has 0 aliphatic heterocycles. The van der Waals surface area contributed by atoms with Gasteiger partial charge in [-0.15, -0.1) is 10.2 Å². The van der Waals surface area contributed by atoms with E-state index in [9.17, 15) is 9.59 Å². The van der Waals surface area contributed by atoms with Crippen molar-refractivity contribution in [1.29, 1.82) is 0 Å². The van der Waals surface area contributed by atoms with Crippen molar-refractivity contribution < 1.29 is 9.53 Å². The summed E-state index contributed by atoms with van der Waals surface area (Å²) in [6.07, 6.45) is 0. The number of amides is 1. The smallest absolute Gasteiger partial charge is 0.252 e. The van der Waals surface area contributed by atoms with Gasteiger partial charge in [0.15, 0.2) is 5.16 Å². The number of H-pyrrole nitrogens is 1. The summed E-state index contributed by atoms with van der Waals surface area (Å²) in [5.41, 5.74) is 1.93. The van der Waals surface area contributed by atoms with E-state index in [2.05, 4.69) is 20.5 Å². The van der Waals surface area contributed by atoms with Crippen LogP contribution in [0.15, 0.2) is 70.6 Å². The molecule has 0 bridgehead atoms. The van der Waals surface area contributed by atoms with Gasteiger partial charge in [0.1, 0.15) is 5.75 Å². The first-order valence-corrected chi connectivity index (χ1v) is 9.73. The van der Waals surface area contributed by atoms with Crippen LogP contribution in [0, 0.1) is 0 Å². The van der Waals surface area contributed by atoms with Crippen LogP contribution in [0.1, 0.15) is 0 Å². The van der Waals surface area contributed by atoms with Crippen molar-refractivity contribution in [2.75, 3.05) is 18.2 Å². The van der Waals surface area contributed by atoms with E-state index in [0.29, 0.717) is 22.3 Å². The van der Waals surface area contributed by atoms with Crippen LogP contribution < -0.4 is 15.6 Å². The van der Waals surface area contributed by atoms with E-state index >= 15 is 0 Å². The molecule has 29 heavy (non-hydrogen) atoms. The fourth-order valence-corrected chi connectivity index (χ4v) is 3.56. The van der Waals surface area contributed by atoms with Crippen LogP contribution in [0.4, 0.5) is 5.69 Å². The first-order valence-electron chi connectivity index (χ1n) is 8.74. The third-order valence-electron chi connectivity index (χ3n) is 4.15. The molecule has 2 aromatic heterocycles. The largest absolute Gasteiger partial charge is 0.497 e. The number of aromatic amines is 1. The number of aromatic nitrogens is 4. The maximum absolute atomic E-state index is 12.3. The molecule has 1 amide bonds. The minimum Gasteiger partial charge on any atom is -0.497 e. The van der Waals surface area contributed by atoms with E-state index in [0.717, 1.165) is 11.3 Å². The number of carbonyl (C=O) groups is 1. The maximum atomic E-state index is 12.3. The van der Waals surface area contributed by atoms with Crippen LogP contribution in [0.25, 0.3) is 17.0 Å². The molecule has 2 aromatic carbocycles. The summed E-state index contributed by atoms with van der Waals surface area (Å²) < 4.78 is 6.85. The third kappa shape index (κ3) is 4.14. The zero-order chi connectivity index (χ0) is 20.2. The fourth-order valence-electron chi connectivity index (χ4n) is 2.82. The molecule has 9 heteroatoms. The molecule has 4 rings (SSSR count). The molecule has 2 heterocycles. The van der Waals surface area contributed by atoms with Gasteiger partial charge in [0.2, 0.25) is 11.7 Å². The summed E-state index contributed by atoms with van der Waals surface area (Å²) in [6.45, 7) is 0. The molecule has 0 aliphatic rings. The van der Waals surface area contributed by atoms with Gasteiger partial charge in [-0.3, -0.25) is 19.0 Å². The van der Waals surface area contributed by atoms with Gasteiger partial charge in [0, 0.05) is 11.8 Å². The van der Waals surface area contributed by atoms with Gasteiger partial charge in [-0.1, -0.05) is 42.1 Å². The van der Waals surface area contributed by atoms with Crippen molar-refractivity contribution in [3.63, 3.8) is 0 Å². The van der Waals surface area contributed by atoms with Gasteiger partial charge >= 0.3 is 0 Å². The Hall–Kier alpha value is -3.59. The van der Waals surface area contributed by atoms with E-state index in [1.165, 1.54) is 17.8 Å². The van der Waals surface area contributed by atoms with E-state index in [1.54, 1.807) is 35.8 Å². The number of thioether (sulfide) groups is 1. The number of hydrogen-bond donors (Lipinski definition) is 2. The van der Waals surface area contributed by atoms with E-state index < -0.39 is 0 Å². The highest BCUT2D eigenvalue weighted by Gasteiger charge is 2.15. The molecule has 0 unspecified atom stereocenters. The predicted octanol–water partition coefficient (Wildman–Crippen LogP) is 2.82. The van der Waals surface area contributed by atoms with Crippen LogP contribution in [-0.2, 0) is 4.79 Å². The molecule has 8 nitrogen and oxygen atoms in total. The Morgan fingerprint density at radius 3 is 2.62 bits per heavy atom. The molecule has 0 fully saturated rings. The first-order chi connectivity index (χ1) is 14.1. The Balaban J connectivity index is 1.55. The zero-order valence-electron chi connectivity index (χ0n) is 15.5. The van der Waals surface area contributed by atoms with Crippen molar-refractivity contribution >= 4 is 29.1 Å². The number of nitrogens with zero attached hydrogens (tertiary/aromatic N) is 3. The average molecular weight is 407 g/mol. The number of carbonyl (C=O) groups excluding carboxylic acids is 1. The van der Waals surface area contributed by atoms with Crippen LogP contribution in [-0.4, -0.2) is 38.4 Å². The SMILES string of the molecule is COc1ccc(NC(=O)CSc2nnc3[nH]c(=O)cc(-c4ccccc4)n23)cc1. The molecule has 0 saturated heterocycles. The lowest BCUT2D eigenvalue weighted by atomic mass is 10.1. The van der Waals surface area contributed by atoms with Gasteiger partial charge in [-0.2, -0.15) is 0 Å². The minimum absolute atomic E-state index is 0.139. The lowest BCUT2D eigenvalue weighted by molar-refractivity contribution is -0.113. The molecular weight excluding hydrogens is 390 g/mol. The van der Waals surface area contributed by atoms with Crippen molar-refractivity contribution in [3.05, 3.63) is 71.0 Å². The van der Waals surface area contributed by atoms with Gasteiger partial charge in [0.25, 0.3) is 5.56 Å². The summed E-state index contributed by atoms with van der Waals surface area (Å²) >= 11 is 1.24. The van der Waals surface area contributed by atoms with Gasteiger partial charge < -0.3 is 10.1 Å². The first kappa shape index (κ1) is 18.8. The second kappa shape index (κ2) is 8.19. The number of ether oxygens (including phenoxy) is 1. The maximum Gasteiger partial charge on any atom is 0.252 e. The standard InChI is InChI=1S/C20H17N5O3S/c1-28-15-9-7-14(8-10-15)21-18(27)12-29-20-24-23-19-22-17(26)11-16(25(19)20)13-5-3-2-4-6-13/h2-11H,12H2,1H3,(H,21,27)(H,22,23,26). The summed E-state index contributed by atoms with van der Waals surface area (Å²) in [5, 5.41) is 11.5. The van der Waals surface area contributed by atoms with Crippen molar-refractivity contribution in [2.45, 2.75) is 5.16 Å². The molecular formula is C20H17N5O3S. The fraction of sp³-hybridized carbons (Fsp3) is 0.100. The number of anilines is 1. The van der Waals surface area contributed by atoms with Gasteiger partial charge in [-0.25, -0.2) is 0 Å². The quantitative estimate of drug-likeness (QED) is 0.477. The Kier molecular flexibility index (Phi) is 5.30. The van der Waals surface area contributed by atoms with Gasteiger partial charge in [0.05, 0.1) is 18.6 Å². The van der Waals surface area contributed by atoms with Gasteiger partial charge in [-0.05, 0) is 29.8 Å². The molecule has 0 saturated carbocycles. The van der Waals surface area contributed by atoms with Crippen molar-refractivity contribution in [3.8, 4) is 17.0 Å². The van der Waals surface area contributed by atoms with Crippen LogP contribution in [0.5, 0.6) is 5.75 Å². The highest BCUT2D eigenvalue weighted by molar-refractivity contribution is 7.99. The number of hydrogen-bond acceptors (Lipinski definition) is 6. The topological polar surface area (TPSA) is 101 Å². The third-order valence-corrected chi connectivity index (χ3v) is 5.08. The lowest BCUT2D eigenvalue weighted by Crippen LogP contribution is -2.14. The highest BCUT2D eigenvalue weighted by Crippen LogP contribution is 2.24. The van der Waals surface area contributed by atoms with Crippen LogP contribution >= 0.6 is 11.8 Å². The summed E-state index contributed by atoms with van der Waals surface area (Å²) in [5.74, 6) is 1.01. The van der Waals surface area contributed by atoms with E-state index in [-0.39, 0.29) is 17.2 Å². The molecule has 0 atom stereocenters. The number of fused-ring (bicyclic) bond motifs is 1. The molecule has 2 N–H and O–H groups in total. The number of rotatable bonds is 6. The Bertz CT molecular complexity index is 1200. The second-order valence-corrected chi connectivity index (χ2v) is 7.03. The Morgan fingerprint density at radius 1 is 1.14 bits per heavy atom. The zero-order valence-corrected chi connectivity index (χ0v) is 16.3. The summed E-state index contributed by atoms with van der Waals surface area (Å²) in [4.78, 5) is 27.0. The van der Waals surface area contributed by atoms with E-state index in [4.69, 9.17) is 4.74 Å². The van der Waals surface area contributed by atoms with Crippen molar-refractivity contribution in [2.24, 2.45) is 0 Å². The molecule has 0 spiro atoms. The summed E-state index contributed by atoms with van der Waals surface area (Å²) in [7, 11) is 1.59. The highest BCUT2D eigenvalue weighted by atomic mass is 32.2. The van der Waals surface area contributed by atoms with Crippen LogP contribution in [0.3, 0.4) is 0 Å². The monoisotopic (exact) mass is 407 g/mol. The molecule has 146 valence electrons. The Morgan fingerprint density at radius 2 is 1.90 bits per heavy atom. The number of methoxy groups -OCH3 is 1. The normalized spacial score (nSPS) is 10.8. The number of benzene rings is 2. The van der Waals surface area contributed by atoms with Crippen LogP contribution in [0.2, 0.25) is 0 Å².